The number of benzene rings is 2. The van der Waals surface area contributed by atoms with Crippen LogP contribution in [0.3, 0.4) is 0 Å². The number of hydrogen-bond donors (Lipinski definition) is 0. The average molecular weight is 265 g/mol. The first-order valence-corrected chi connectivity index (χ1v) is 7.15. The van der Waals surface area contributed by atoms with Gasteiger partial charge in [0.05, 0.1) is 4.88 Å². The Balaban J connectivity index is 2.06. The second kappa shape index (κ2) is 4.98. The van der Waals surface area contributed by atoms with Crippen molar-refractivity contribution in [3.05, 3.63) is 65.9 Å². The molecule has 1 aromatic heterocycles. The van der Waals surface area contributed by atoms with Crippen molar-refractivity contribution in [2.75, 3.05) is 0 Å². The fraction of sp³-hybridized carbons (Fsp3) is 0.118. The summed E-state index contributed by atoms with van der Waals surface area (Å²) >= 11 is 1.76. The van der Waals surface area contributed by atoms with E-state index in [2.05, 4.69) is 67.4 Å². The Morgan fingerprint density at radius 2 is 1.37 bits per heavy atom. The van der Waals surface area contributed by atoms with Gasteiger partial charge in [-0.05, 0) is 30.5 Å². The predicted octanol–water partition coefficient (Wildman–Crippen LogP) is 5.09. The lowest BCUT2D eigenvalue weighted by Crippen LogP contribution is -1.79. The molecule has 0 radical (unpaired) electrons. The maximum Gasteiger partial charge on any atom is 0.124 e. The number of hydrogen-bond acceptors (Lipinski definition) is 2. The van der Waals surface area contributed by atoms with Crippen molar-refractivity contribution in [3.63, 3.8) is 0 Å². The molecule has 1 nitrogen and oxygen atoms in total. The largest absolute Gasteiger partial charge is 0.244 e. The summed E-state index contributed by atoms with van der Waals surface area (Å²) in [7, 11) is 0. The zero-order valence-corrected chi connectivity index (χ0v) is 11.9. The number of nitrogens with zero attached hydrogens (tertiary/aromatic N) is 1. The van der Waals surface area contributed by atoms with Gasteiger partial charge < -0.3 is 0 Å². The van der Waals surface area contributed by atoms with E-state index < -0.39 is 0 Å². The second-order valence-electron chi connectivity index (χ2n) is 4.66. The summed E-state index contributed by atoms with van der Waals surface area (Å²) in [6.07, 6.45) is 1.98. The molecule has 0 spiro atoms. The topological polar surface area (TPSA) is 12.9 Å². The molecule has 0 atom stereocenters. The molecular weight excluding hydrogens is 250 g/mol. The summed E-state index contributed by atoms with van der Waals surface area (Å²) in [5.41, 5.74) is 5.07. The van der Waals surface area contributed by atoms with Crippen LogP contribution in [0.1, 0.15) is 11.1 Å². The van der Waals surface area contributed by atoms with Gasteiger partial charge in [0.2, 0.25) is 0 Å². The van der Waals surface area contributed by atoms with Crippen molar-refractivity contribution in [3.8, 4) is 21.0 Å². The summed E-state index contributed by atoms with van der Waals surface area (Å²) in [4.78, 5) is 5.82. The highest BCUT2D eigenvalue weighted by Crippen LogP contribution is 2.34. The van der Waals surface area contributed by atoms with Crippen LogP contribution in [0, 0.1) is 13.8 Å². The first-order valence-electron chi connectivity index (χ1n) is 6.33. The fourth-order valence-electron chi connectivity index (χ4n) is 2.19. The molecular formula is C17H15NS. The minimum Gasteiger partial charge on any atom is -0.244 e. The van der Waals surface area contributed by atoms with E-state index in [9.17, 15) is 0 Å². The van der Waals surface area contributed by atoms with Crippen molar-refractivity contribution < 1.29 is 0 Å². The van der Waals surface area contributed by atoms with E-state index in [0.717, 1.165) is 5.01 Å². The molecule has 0 fully saturated rings. The highest BCUT2D eigenvalue weighted by atomic mass is 32.1. The quantitative estimate of drug-likeness (QED) is 0.628. The summed E-state index contributed by atoms with van der Waals surface area (Å²) in [6.45, 7) is 4.27. The Labute approximate surface area is 117 Å². The minimum absolute atomic E-state index is 1.09. The lowest BCUT2D eigenvalue weighted by molar-refractivity contribution is 1.37. The number of aryl methyl sites for hydroxylation is 2. The van der Waals surface area contributed by atoms with Gasteiger partial charge in [-0.3, -0.25) is 0 Å². The molecule has 0 bridgehead atoms. The molecule has 0 aliphatic rings. The van der Waals surface area contributed by atoms with Crippen LogP contribution in [-0.2, 0) is 0 Å². The van der Waals surface area contributed by atoms with E-state index >= 15 is 0 Å². The van der Waals surface area contributed by atoms with Crippen LogP contribution >= 0.6 is 11.3 Å². The van der Waals surface area contributed by atoms with Crippen LogP contribution in [0.15, 0.2) is 54.7 Å². The minimum atomic E-state index is 1.09. The SMILES string of the molecule is Cc1ccccc1-c1cnc(-c2ccccc2C)s1. The van der Waals surface area contributed by atoms with E-state index in [-0.39, 0.29) is 0 Å². The van der Waals surface area contributed by atoms with Crippen LogP contribution in [0.25, 0.3) is 21.0 Å². The Kier molecular flexibility index (Phi) is 3.18. The van der Waals surface area contributed by atoms with Crippen LogP contribution < -0.4 is 0 Å². The van der Waals surface area contributed by atoms with E-state index in [1.54, 1.807) is 11.3 Å². The molecule has 0 aliphatic carbocycles. The highest BCUT2D eigenvalue weighted by molar-refractivity contribution is 7.18. The molecule has 2 heteroatoms. The van der Waals surface area contributed by atoms with E-state index in [1.807, 2.05) is 6.20 Å². The van der Waals surface area contributed by atoms with Crippen molar-refractivity contribution in [2.45, 2.75) is 13.8 Å². The molecule has 0 amide bonds. The molecule has 0 saturated carbocycles. The summed E-state index contributed by atoms with van der Waals surface area (Å²) < 4.78 is 0. The van der Waals surface area contributed by atoms with Gasteiger partial charge in [-0.2, -0.15) is 0 Å². The summed E-state index contributed by atoms with van der Waals surface area (Å²) in [5, 5.41) is 1.09. The van der Waals surface area contributed by atoms with Crippen LogP contribution in [-0.4, -0.2) is 4.98 Å². The molecule has 2 aromatic carbocycles. The van der Waals surface area contributed by atoms with Gasteiger partial charge in [0, 0.05) is 11.8 Å². The average Bonchev–Trinajstić information content (AvgIpc) is 2.89. The zero-order chi connectivity index (χ0) is 13.2. The van der Waals surface area contributed by atoms with Crippen LogP contribution in [0.5, 0.6) is 0 Å². The van der Waals surface area contributed by atoms with Crippen molar-refractivity contribution in [2.24, 2.45) is 0 Å². The van der Waals surface area contributed by atoms with Gasteiger partial charge in [-0.25, -0.2) is 4.98 Å². The van der Waals surface area contributed by atoms with Gasteiger partial charge in [0.15, 0.2) is 0 Å². The molecule has 0 saturated heterocycles. The Hall–Kier alpha value is -1.93. The molecule has 19 heavy (non-hydrogen) atoms. The highest BCUT2D eigenvalue weighted by Gasteiger charge is 2.09. The van der Waals surface area contributed by atoms with Gasteiger partial charge in [0.25, 0.3) is 0 Å². The number of thiazole rings is 1. The first kappa shape index (κ1) is 12.1. The molecule has 0 aliphatic heterocycles. The smallest absolute Gasteiger partial charge is 0.124 e. The third-order valence-corrected chi connectivity index (χ3v) is 4.36. The third-order valence-electron chi connectivity index (χ3n) is 3.29. The lowest BCUT2D eigenvalue weighted by atomic mass is 10.1. The summed E-state index contributed by atoms with van der Waals surface area (Å²) in [6, 6.07) is 16.8. The summed E-state index contributed by atoms with van der Waals surface area (Å²) in [5.74, 6) is 0. The Morgan fingerprint density at radius 1 is 0.789 bits per heavy atom. The van der Waals surface area contributed by atoms with Gasteiger partial charge >= 0.3 is 0 Å². The molecule has 1 heterocycles. The molecule has 94 valence electrons. The standard InChI is InChI=1S/C17H15NS/c1-12-7-3-5-9-14(12)16-11-18-17(19-16)15-10-6-4-8-13(15)2/h3-11H,1-2H3. The van der Waals surface area contributed by atoms with Crippen LogP contribution in [0.4, 0.5) is 0 Å². The maximum atomic E-state index is 4.58. The van der Waals surface area contributed by atoms with Crippen molar-refractivity contribution >= 4 is 11.3 Å². The fourth-order valence-corrected chi connectivity index (χ4v) is 3.28. The molecule has 3 aromatic rings. The second-order valence-corrected chi connectivity index (χ2v) is 5.69. The van der Waals surface area contributed by atoms with Gasteiger partial charge in [-0.15, -0.1) is 11.3 Å². The number of rotatable bonds is 2. The lowest BCUT2D eigenvalue weighted by Gasteiger charge is -2.02. The maximum absolute atomic E-state index is 4.58. The predicted molar refractivity (Wildman–Crippen MR) is 82.5 cm³/mol. The number of aromatic nitrogens is 1. The van der Waals surface area contributed by atoms with Crippen LogP contribution in [0.2, 0.25) is 0 Å². The Morgan fingerprint density at radius 3 is 2.00 bits per heavy atom. The molecule has 0 N–H and O–H groups in total. The zero-order valence-electron chi connectivity index (χ0n) is 11.1. The van der Waals surface area contributed by atoms with Gasteiger partial charge in [-0.1, -0.05) is 48.5 Å². The van der Waals surface area contributed by atoms with Crippen molar-refractivity contribution in [1.82, 2.24) is 4.98 Å². The normalized spacial score (nSPS) is 10.6. The Bertz CT molecular complexity index is 653. The molecule has 3 rings (SSSR count). The molecule has 0 unspecified atom stereocenters. The van der Waals surface area contributed by atoms with Crippen molar-refractivity contribution in [1.29, 1.82) is 0 Å². The van der Waals surface area contributed by atoms with E-state index in [4.69, 9.17) is 0 Å². The van der Waals surface area contributed by atoms with E-state index in [0.29, 0.717) is 0 Å². The third kappa shape index (κ3) is 2.32. The first-order chi connectivity index (χ1) is 9.25. The monoisotopic (exact) mass is 265 g/mol. The van der Waals surface area contributed by atoms with E-state index in [1.165, 1.54) is 27.1 Å². The van der Waals surface area contributed by atoms with Gasteiger partial charge in [0.1, 0.15) is 5.01 Å².